The van der Waals surface area contributed by atoms with Gasteiger partial charge in [-0.25, -0.2) is 18.0 Å². The lowest BCUT2D eigenvalue weighted by molar-refractivity contribution is -0.130. The number of thiol groups is 1. The van der Waals surface area contributed by atoms with Gasteiger partial charge in [0.25, 0.3) is 0 Å². The van der Waals surface area contributed by atoms with Gasteiger partial charge in [-0.1, -0.05) is 29.8 Å². The molecule has 0 bridgehead atoms. The summed E-state index contributed by atoms with van der Waals surface area (Å²) in [7, 11) is -2.65. The normalized spacial score (nSPS) is 11.7. The molecule has 0 radical (unpaired) electrons. The van der Waals surface area contributed by atoms with Crippen molar-refractivity contribution >= 4 is 62.5 Å². The maximum Gasteiger partial charge on any atom is 0.352 e. The van der Waals surface area contributed by atoms with Crippen LogP contribution in [-0.4, -0.2) is 41.4 Å². The molecular formula is C19H15ClN2O6S. The number of anilines is 1. The highest BCUT2D eigenvalue weighted by Gasteiger charge is 2.19. The van der Waals surface area contributed by atoms with E-state index >= 15 is 0 Å². The number of carboxylic acids is 2. The molecule has 0 aliphatic rings. The van der Waals surface area contributed by atoms with Crippen molar-refractivity contribution in [1.82, 2.24) is 4.98 Å². The van der Waals surface area contributed by atoms with Gasteiger partial charge in [-0.2, -0.15) is 0 Å². The fraction of sp³-hybridized carbons (Fsp3) is 0.0526. The van der Waals surface area contributed by atoms with E-state index in [2.05, 4.69) is 10.3 Å². The van der Waals surface area contributed by atoms with Crippen molar-refractivity contribution in [3.05, 3.63) is 64.3 Å². The third kappa shape index (κ3) is 4.58. The number of H-pyrrole nitrogens is 1. The second kappa shape index (κ2) is 8.38. The molecule has 0 amide bonds. The van der Waals surface area contributed by atoms with E-state index in [1.165, 1.54) is 18.2 Å². The Kier molecular flexibility index (Phi) is 5.90. The predicted octanol–water partition coefficient (Wildman–Crippen LogP) is 3.13. The summed E-state index contributed by atoms with van der Waals surface area (Å²) in [5, 5.41) is 22.8. The molecule has 1 aromatic heterocycles. The van der Waals surface area contributed by atoms with Crippen molar-refractivity contribution in [2.75, 3.05) is 11.2 Å². The number of rotatable bonds is 7. The van der Waals surface area contributed by atoms with Gasteiger partial charge >= 0.3 is 11.9 Å². The zero-order valence-electron chi connectivity index (χ0n) is 14.7. The molecule has 3 rings (SSSR count). The number of nitrogens with one attached hydrogen (secondary N) is 2. The first-order chi connectivity index (χ1) is 13.8. The standard InChI is InChI=1S/C19H15ClN2O6S/c20-11-4-5-13-15(17(19(25)26)22-16(13)7-11)8-14(18(23)24)10-2-1-3-12(6-10)21-9-29(27)28/h1-8,21-22,29H,9H2,(H,23,24)(H,25,26). The molecule has 1 heterocycles. The van der Waals surface area contributed by atoms with Gasteiger partial charge in [0, 0.05) is 27.2 Å². The molecule has 29 heavy (non-hydrogen) atoms. The van der Waals surface area contributed by atoms with Crippen molar-refractivity contribution in [3.8, 4) is 0 Å². The number of hydrogen-bond donors (Lipinski definition) is 5. The largest absolute Gasteiger partial charge is 0.478 e. The molecule has 3 aromatic rings. The Morgan fingerprint density at radius 2 is 1.90 bits per heavy atom. The number of halogens is 1. The summed E-state index contributed by atoms with van der Waals surface area (Å²) in [6.45, 7) is 0. The number of fused-ring (bicyclic) bond motifs is 1. The summed E-state index contributed by atoms with van der Waals surface area (Å²) in [5.41, 5.74) is 1.03. The fourth-order valence-corrected chi connectivity index (χ4v) is 3.36. The highest BCUT2D eigenvalue weighted by molar-refractivity contribution is 7.72. The van der Waals surface area contributed by atoms with Crippen LogP contribution in [0.2, 0.25) is 5.02 Å². The average molecular weight is 435 g/mol. The average Bonchev–Trinajstić information content (AvgIpc) is 3.02. The summed E-state index contributed by atoms with van der Waals surface area (Å²) in [5.74, 6) is -2.81. The van der Waals surface area contributed by atoms with E-state index in [1.807, 2.05) is 0 Å². The number of aliphatic carboxylic acids is 1. The zero-order valence-corrected chi connectivity index (χ0v) is 16.3. The minimum absolute atomic E-state index is 0.154. The van der Waals surface area contributed by atoms with E-state index in [0.717, 1.165) is 0 Å². The molecule has 8 nitrogen and oxygen atoms in total. The van der Waals surface area contributed by atoms with Crippen molar-refractivity contribution in [2.45, 2.75) is 0 Å². The summed E-state index contributed by atoms with van der Waals surface area (Å²) in [6.07, 6.45) is 1.27. The van der Waals surface area contributed by atoms with Crippen LogP contribution in [0, 0.1) is 0 Å². The molecule has 0 aliphatic carbocycles. The van der Waals surface area contributed by atoms with Crippen LogP contribution in [0.3, 0.4) is 0 Å². The Hall–Kier alpha value is -3.30. The number of aromatic amines is 1. The number of aromatic carboxylic acids is 1. The summed E-state index contributed by atoms with van der Waals surface area (Å²) >= 11 is 5.95. The summed E-state index contributed by atoms with van der Waals surface area (Å²) in [4.78, 5) is 26.3. The first-order valence-electron chi connectivity index (χ1n) is 8.22. The number of carbonyl (C=O) groups is 2. The van der Waals surface area contributed by atoms with E-state index in [4.69, 9.17) is 11.6 Å². The Labute approximate surface area is 171 Å². The first-order valence-corrected chi connectivity index (χ1v) is 9.96. The van der Waals surface area contributed by atoms with Crippen LogP contribution in [0.4, 0.5) is 5.69 Å². The summed E-state index contributed by atoms with van der Waals surface area (Å²) < 4.78 is 21.5. The smallest absolute Gasteiger partial charge is 0.352 e. The topological polar surface area (TPSA) is 137 Å². The molecule has 4 N–H and O–H groups in total. The molecule has 0 saturated heterocycles. The van der Waals surface area contributed by atoms with Crippen LogP contribution in [0.5, 0.6) is 0 Å². The van der Waals surface area contributed by atoms with Crippen LogP contribution < -0.4 is 5.32 Å². The highest BCUT2D eigenvalue weighted by atomic mass is 35.5. The van der Waals surface area contributed by atoms with Gasteiger partial charge in [-0.05, 0) is 35.9 Å². The lowest BCUT2D eigenvalue weighted by Crippen LogP contribution is -2.05. The number of aromatic nitrogens is 1. The first kappa shape index (κ1) is 20.4. The second-order valence-corrected chi connectivity index (χ2v) is 7.44. The molecule has 0 aliphatic heterocycles. The minimum Gasteiger partial charge on any atom is -0.478 e. The van der Waals surface area contributed by atoms with E-state index in [9.17, 15) is 28.2 Å². The molecule has 10 heteroatoms. The maximum atomic E-state index is 11.9. The van der Waals surface area contributed by atoms with Gasteiger partial charge in [-0.15, -0.1) is 0 Å². The zero-order chi connectivity index (χ0) is 21.1. The maximum absolute atomic E-state index is 11.9. The third-order valence-electron chi connectivity index (χ3n) is 4.12. The highest BCUT2D eigenvalue weighted by Crippen LogP contribution is 2.30. The van der Waals surface area contributed by atoms with Crippen molar-refractivity contribution in [2.24, 2.45) is 0 Å². The molecular weight excluding hydrogens is 420 g/mol. The molecule has 0 fully saturated rings. The number of carboxylic acid groups (broad SMARTS) is 2. The lowest BCUT2D eigenvalue weighted by atomic mass is 10.0. The summed E-state index contributed by atoms with van der Waals surface area (Å²) in [6, 6.07) is 10.9. The van der Waals surface area contributed by atoms with Gasteiger partial charge in [-0.3, -0.25) is 0 Å². The van der Waals surface area contributed by atoms with Crippen LogP contribution in [0.25, 0.3) is 22.6 Å². The van der Waals surface area contributed by atoms with Gasteiger partial charge < -0.3 is 20.5 Å². The number of hydrogen-bond acceptors (Lipinski definition) is 5. The van der Waals surface area contributed by atoms with Gasteiger partial charge in [0.1, 0.15) is 11.6 Å². The third-order valence-corrected chi connectivity index (χ3v) is 4.77. The second-order valence-electron chi connectivity index (χ2n) is 6.02. The van der Waals surface area contributed by atoms with Crippen molar-refractivity contribution in [1.29, 1.82) is 0 Å². The molecule has 0 unspecified atom stereocenters. The Morgan fingerprint density at radius 1 is 1.14 bits per heavy atom. The van der Waals surface area contributed by atoms with Crippen LogP contribution in [-0.2, 0) is 15.5 Å². The predicted molar refractivity (Wildman–Crippen MR) is 111 cm³/mol. The molecule has 0 atom stereocenters. The Bertz CT molecular complexity index is 1220. The van der Waals surface area contributed by atoms with Gasteiger partial charge in [0.05, 0.1) is 5.57 Å². The van der Waals surface area contributed by atoms with Crippen LogP contribution >= 0.6 is 11.6 Å². The monoisotopic (exact) mass is 434 g/mol. The molecule has 150 valence electrons. The fourth-order valence-electron chi connectivity index (χ4n) is 2.88. The number of benzene rings is 2. The molecule has 0 saturated carbocycles. The van der Waals surface area contributed by atoms with E-state index < -0.39 is 22.6 Å². The molecule has 2 aromatic carbocycles. The van der Waals surface area contributed by atoms with Crippen LogP contribution in [0.15, 0.2) is 42.5 Å². The minimum atomic E-state index is -2.65. The Balaban J connectivity index is 2.16. The van der Waals surface area contributed by atoms with Gasteiger partial charge in [0.2, 0.25) is 0 Å². The van der Waals surface area contributed by atoms with Gasteiger partial charge in [0.15, 0.2) is 10.7 Å². The molecule has 0 spiro atoms. The van der Waals surface area contributed by atoms with Crippen molar-refractivity contribution < 1.29 is 28.2 Å². The van der Waals surface area contributed by atoms with Crippen molar-refractivity contribution in [3.63, 3.8) is 0 Å². The van der Waals surface area contributed by atoms with E-state index in [-0.39, 0.29) is 28.3 Å². The Morgan fingerprint density at radius 3 is 2.55 bits per heavy atom. The quantitative estimate of drug-likeness (QED) is 0.284. The van der Waals surface area contributed by atoms with E-state index in [0.29, 0.717) is 21.6 Å². The van der Waals surface area contributed by atoms with Crippen LogP contribution in [0.1, 0.15) is 21.6 Å². The SMILES string of the molecule is O=C(O)C(=Cc1c(C(=O)O)[nH]c2cc(Cl)ccc12)c1cccc(NC[SH](=O)=O)c1. The lowest BCUT2D eigenvalue weighted by Gasteiger charge is -2.07. The van der Waals surface area contributed by atoms with E-state index in [1.54, 1.807) is 30.3 Å².